The minimum absolute atomic E-state index is 0.108. The van der Waals surface area contributed by atoms with E-state index in [0.29, 0.717) is 0 Å². The van der Waals surface area contributed by atoms with E-state index in [1.807, 2.05) is 0 Å². The molecule has 0 unspecified atom stereocenters. The first kappa shape index (κ1) is 15.4. The Morgan fingerprint density at radius 3 is 2.60 bits per heavy atom. The Kier molecular flexibility index (Phi) is 4.49. The third-order valence-electron chi connectivity index (χ3n) is 2.19. The second-order valence-electron chi connectivity index (χ2n) is 3.61. The Bertz CT molecular complexity index is 657. The first-order chi connectivity index (χ1) is 9.27. The van der Waals surface area contributed by atoms with E-state index >= 15 is 0 Å². The zero-order chi connectivity index (χ0) is 14.9. The summed E-state index contributed by atoms with van der Waals surface area (Å²) < 4.78 is 24.3. The molecule has 0 aliphatic heterocycles. The van der Waals surface area contributed by atoms with Gasteiger partial charge in [0.2, 0.25) is 0 Å². The van der Waals surface area contributed by atoms with Crippen LogP contribution in [0.4, 0.5) is 13.9 Å². The van der Waals surface area contributed by atoms with Gasteiger partial charge in [-0.25, -0.2) is 13.8 Å². The van der Waals surface area contributed by atoms with Crippen LogP contribution in [0, 0.1) is 11.6 Å². The molecule has 1 aromatic heterocycles. The highest BCUT2D eigenvalue weighted by Crippen LogP contribution is 2.31. The van der Waals surface area contributed by atoms with Crippen molar-refractivity contribution >= 4 is 57.2 Å². The van der Waals surface area contributed by atoms with Crippen molar-refractivity contribution < 1.29 is 13.6 Å². The molecule has 0 saturated heterocycles. The van der Waals surface area contributed by atoms with Crippen LogP contribution in [0.5, 0.6) is 0 Å². The maximum Gasteiger partial charge on any atom is 0.278 e. The second kappa shape index (κ2) is 5.81. The molecule has 0 bridgehead atoms. The maximum absolute atomic E-state index is 13.6. The number of nitrogens with one attached hydrogen (secondary N) is 1. The lowest BCUT2D eigenvalue weighted by atomic mass is 10.1. The molecule has 0 radical (unpaired) electrons. The maximum atomic E-state index is 13.6. The van der Waals surface area contributed by atoms with Crippen LogP contribution in [-0.4, -0.2) is 14.7 Å². The minimum atomic E-state index is -2.12. The number of thiazole rings is 1. The summed E-state index contributed by atoms with van der Waals surface area (Å²) in [6.45, 7) is 0. The quantitative estimate of drug-likeness (QED) is 0.810. The molecule has 3 nitrogen and oxygen atoms in total. The summed E-state index contributed by atoms with van der Waals surface area (Å²) in [6, 6.07) is 3.10. The summed E-state index contributed by atoms with van der Waals surface area (Å²) in [7, 11) is 0. The number of benzene rings is 1. The van der Waals surface area contributed by atoms with E-state index in [2.05, 4.69) is 10.3 Å². The number of rotatable bonds is 2. The van der Waals surface area contributed by atoms with Gasteiger partial charge in [0.25, 0.3) is 9.70 Å². The molecule has 106 valence electrons. The van der Waals surface area contributed by atoms with Crippen molar-refractivity contribution in [3.8, 4) is 11.3 Å². The van der Waals surface area contributed by atoms with Gasteiger partial charge >= 0.3 is 0 Å². The number of anilines is 1. The lowest BCUT2D eigenvalue weighted by Gasteiger charge is -2.08. The van der Waals surface area contributed by atoms with Gasteiger partial charge in [-0.2, -0.15) is 0 Å². The third kappa shape index (κ3) is 3.58. The molecule has 0 atom stereocenters. The van der Waals surface area contributed by atoms with Gasteiger partial charge in [-0.1, -0.05) is 34.8 Å². The average Bonchev–Trinajstić information content (AvgIpc) is 2.76. The molecular weight excluding hydrogens is 353 g/mol. The number of nitrogens with zero attached hydrogens (tertiary/aromatic N) is 1. The largest absolute Gasteiger partial charge is 0.298 e. The smallest absolute Gasteiger partial charge is 0.278 e. The minimum Gasteiger partial charge on any atom is -0.298 e. The van der Waals surface area contributed by atoms with E-state index in [1.54, 1.807) is 0 Å². The summed E-state index contributed by atoms with van der Waals surface area (Å²) in [4.78, 5) is 15.4. The number of carbonyl (C=O) groups is 1. The average molecular weight is 358 g/mol. The van der Waals surface area contributed by atoms with Gasteiger partial charge in [0.1, 0.15) is 11.6 Å². The highest BCUT2D eigenvalue weighted by molar-refractivity contribution is 7.14. The molecule has 9 heteroatoms. The van der Waals surface area contributed by atoms with Crippen LogP contribution in [0.3, 0.4) is 0 Å². The molecule has 1 N–H and O–H groups in total. The van der Waals surface area contributed by atoms with Crippen molar-refractivity contribution in [3.63, 3.8) is 0 Å². The predicted molar refractivity (Wildman–Crippen MR) is 76.4 cm³/mol. The van der Waals surface area contributed by atoms with Crippen molar-refractivity contribution in [3.05, 3.63) is 35.2 Å². The van der Waals surface area contributed by atoms with Crippen LogP contribution in [0.2, 0.25) is 0 Å². The molecule has 1 aromatic carbocycles. The zero-order valence-corrected chi connectivity index (χ0v) is 12.5. The SMILES string of the molecule is O=C(Nc1nc(-c2ccc(F)cc2F)cs1)C(Cl)(Cl)Cl. The predicted octanol–water partition coefficient (Wildman–Crippen LogP) is 4.40. The van der Waals surface area contributed by atoms with Gasteiger partial charge in [-0.3, -0.25) is 10.1 Å². The summed E-state index contributed by atoms with van der Waals surface area (Å²) in [5.74, 6) is -2.32. The molecule has 0 fully saturated rings. The van der Waals surface area contributed by atoms with Crippen LogP contribution in [0.15, 0.2) is 23.6 Å². The first-order valence-electron chi connectivity index (χ1n) is 5.06. The van der Waals surface area contributed by atoms with E-state index in [0.717, 1.165) is 23.5 Å². The Morgan fingerprint density at radius 1 is 1.30 bits per heavy atom. The molecule has 1 heterocycles. The third-order valence-corrected chi connectivity index (χ3v) is 3.46. The van der Waals surface area contributed by atoms with Gasteiger partial charge in [0, 0.05) is 17.0 Å². The molecule has 20 heavy (non-hydrogen) atoms. The highest BCUT2D eigenvalue weighted by Gasteiger charge is 2.31. The van der Waals surface area contributed by atoms with Gasteiger partial charge < -0.3 is 0 Å². The van der Waals surface area contributed by atoms with Gasteiger partial charge in [-0.15, -0.1) is 11.3 Å². The molecule has 0 spiro atoms. The van der Waals surface area contributed by atoms with E-state index < -0.39 is 21.3 Å². The monoisotopic (exact) mass is 356 g/mol. The van der Waals surface area contributed by atoms with E-state index in [9.17, 15) is 13.6 Å². The van der Waals surface area contributed by atoms with E-state index in [4.69, 9.17) is 34.8 Å². The molecule has 2 rings (SSSR count). The second-order valence-corrected chi connectivity index (χ2v) is 6.75. The summed E-state index contributed by atoms with van der Waals surface area (Å²) in [5.41, 5.74) is 0.351. The molecule has 0 aliphatic rings. The number of amides is 1. The molecule has 2 aromatic rings. The summed E-state index contributed by atoms with van der Waals surface area (Å²) in [5, 5.41) is 3.91. The van der Waals surface area contributed by atoms with Crippen molar-refractivity contribution in [2.45, 2.75) is 3.79 Å². The number of carbonyl (C=O) groups excluding carboxylic acids is 1. The highest BCUT2D eigenvalue weighted by atomic mass is 35.6. The number of halogens is 5. The van der Waals surface area contributed by atoms with Gasteiger partial charge in [-0.05, 0) is 12.1 Å². The fraction of sp³-hybridized carbons (Fsp3) is 0.0909. The van der Waals surface area contributed by atoms with E-state index in [1.165, 1.54) is 11.4 Å². The molecule has 1 amide bonds. The topological polar surface area (TPSA) is 42.0 Å². The van der Waals surface area contributed by atoms with Crippen molar-refractivity contribution in [2.75, 3.05) is 5.32 Å². The molecular formula is C11H5Cl3F2N2OS. The zero-order valence-electron chi connectivity index (χ0n) is 9.46. The summed E-state index contributed by atoms with van der Waals surface area (Å²) >= 11 is 17.2. The van der Waals surface area contributed by atoms with Crippen molar-refractivity contribution in [1.82, 2.24) is 4.98 Å². The standard InChI is InChI=1S/C11H5Cl3F2N2OS/c12-11(13,14)9(19)18-10-17-8(4-20-10)6-2-1-5(15)3-7(6)16/h1-4H,(H,17,18,19). The molecule has 0 aliphatic carbocycles. The fourth-order valence-electron chi connectivity index (χ4n) is 1.32. The van der Waals surface area contributed by atoms with E-state index in [-0.39, 0.29) is 16.4 Å². The lowest BCUT2D eigenvalue weighted by molar-refractivity contribution is -0.115. The van der Waals surface area contributed by atoms with Crippen molar-refractivity contribution in [1.29, 1.82) is 0 Å². The summed E-state index contributed by atoms with van der Waals surface area (Å²) in [6.07, 6.45) is 0. The first-order valence-corrected chi connectivity index (χ1v) is 7.08. The van der Waals surface area contributed by atoms with Crippen LogP contribution in [-0.2, 0) is 4.79 Å². The Balaban J connectivity index is 2.23. The van der Waals surface area contributed by atoms with Gasteiger partial charge in [0.05, 0.1) is 5.69 Å². The normalized spacial score (nSPS) is 11.4. The number of hydrogen-bond donors (Lipinski definition) is 1. The van der Waals surface area contributed by atoms with Crippen LogP contribution in [0.1, 0.15) is 0 Å². The Labute approximate surface area is 131 Å². The number of hydrogen-bond acceptors (Lipinski definition) is 3. The fourth-order valence-corrected chi connectivity index (χ4v) is 2.17. The Hall–Kier alpha value is -0.950. The number of alkyl halides is 3. The van der Waals surface area contributed by atoms with Crippen LogP contribution < -0.4 is 5.32 Å². The molecule has 0 saturated carbocycles. The number of aromatic nitrogens is 1. The van der Waals surface area contributed by atoms with Gasteiger partial charge in [0.15, 0.2) is 5.13 Å². The van der Waals surface area contributed by atoms with Crippen LogP contribution in [0.25, 0.3) is 11.3 Å². The van der Waals surface area contributed by atoms with Crippen molar-refractivity contribution in [2.24, 2.45) is 0 Å². The lowest BCUT2D eigenvalue weighted by Crippen LogP contribution is -2.26. The Morgan fingerprint density at radius 2 is 2.00 bits per heavy atom. The van der Waals surface area contributed by atoms with Crippen LogP contribution >= 0.6 is 46.1 Å².